The summed E-state index contributed by atoms with van der Waals surface area (Å²) in [6.07, 6.45) is 3.27. The van der Waals surface area contributed by atoms with Gasteiger partial charge in [0.15, 0.2) is 0 Å². The summed E-state index contributed by atoms with van der Waals surface area (Å²) in [6.45, 7) is 6.86. The van der Waals surface area contributed by atoms with Crippen LogP contribution in [0.3, 0.4) is 0 Å². The van der Waals surface area contributed by atoms with Crippen molar-refractivity contribution >= 4 is 6.03 Å². The Morgan fingerprint density at radius 2 is 2.14 bits per heavy atom. The lowest BCUT2D eigenvalue weighted by atomic mass is 10.1. The summed E-state index contributed by atoms with van der Waals surface area (Å²) in [5, 5.41) is 3.08. The van der Waals surface area contributed by atoms with Crippen LogP contribution in [-0.4, -0.2) is 48.6 Å². The number of hydrogen-bond acceptors (Lipinski definition) is 2. The molecule has 1 aliphatic rings. The van der Waals surface area contributed by atoms with Gasteiger partial charge in [0, 0.05) is 25.7 Å². The molecule has 1 aliphatic heterocycles. The highest BCUT2D eigenvalue weighted by atomic mass is 16.2. The molecule has 0 radical (unpaired) electrons. The first-order chi connectivity index (χ1) is 10.6. The molecule has 4 nitrogen and oxygen atoms in total. The van der Waals surface area contributed by atoms with Gasteiger partial charge < -0.3 is 15.1 Å². The minimum Gasteiger partial charge on any atom is -0.337 e. The van der Waals surface area contributed by atoms with Crippen LogP contribution in [0.1, 0.15) is 44.7 Å². The van der Waals surface area contributed by atoms with Crippen LogP contribution in [0, 0.1) is 0 Å². The molecule has 2 amide bonds. The third kappa shape index (κ3) is 4.23. The lowest BCUT2D eigenvalue weighted by molar-refractivity contribution is 0.189. The van der Waals surface area contributed by atoms with Gasteiger partial charge in [-0.15, -0.1) is 0 Å². The Bertz CT molecular complexity index is 463. The summed E-state index contributed by atoms with van der Waals surface area (Å²) in [5.74, 6) is 0. The lowest BCUT2D eigenvalue weighted by Crippen LogP contribution is -2.43. The fourth-order valence-corrected chi connectivity index (χ4v) is 3.00. The second-order valence-electron chi connectivity index (χ2n) is 6.23. The van der Waals surface area contributed by atoms with E-state index in [1.165, 1.54) is 5.56 Å². The van der Waals surface area contributed by atoms with E-state index in [0.29, 0.717) is 12.6 Å². The lowest BCUT2D eigenvalue weighted by Gasteiger charge is -2.27. The first kappa shape index (κ1) is 16.8. The molecule has 2 atom stereocenters. The summed E-state index contributed by atoms with van der Waals surface area (Å²) in [4.78, 5) is 16.7. The average molecular weight is 303 g/mol. The molecule has 22 heavy (non-hydrogen) atoms. The van der Waals surface area contributed by atoms with Crippen LogP contribution in [0.5, 0.6) is 0 Å². The van der Waals surface area contributed by atoms with Crippen molar-refractivity contribution in [3.8, 4) is 0 Å². The number of carbonyl (C=O) groups excluding carboxylic acids is 1. The Morgan fingerprint density at radius 3 is 2.82 bits per heavy atom. The second-order valence-corrected chi connectivity index (χ2v) is 6.23. The van der Waals surface area contributed by atoms with Crippen LogP contribution >= 0.6 is 0 Å². The van der Waals surface area contributed by atoms with Gasteiger partial charge >= 0.3 is 6.03 Å². The van der Waals surface area contributed by atoms with Crippen molar-refractivity contribution < 1.29 is 4.79 Å². The maximum atomic E-state index is 12.4. The first-order valence-corrected chi connectivity index (χ1v) is 8.43. The van der Waals surface area contributed by atoms with Crippen LogP contribution in [-0.2, 0) is 0 Å². The minimum absolute atomic E-state index is 0.0731. The van der Waals surface area contributed by atoms with Gasteiger partial charge in [0.1, 0.15) is 0 Å². The van der Waals surface area contributed by atoms with Crippen LogP contribution in [0.2, 0.25) is 0 Å². The van der Waals surface area contributed by atoms with Crippen LogP contribution in [0.25, 0.3) is 0 Å². The van der Waals surface area contributed by atoms with Gasteiger partial charge in [0.05, 0.1) is 6.04 Å². The largest absolute Gasteiger partial charge is 0.337 e. The summed E-state index contributed by atoms with van der Waals surface area (Å²) >= 11 is 0. The smallest absolute Gasteiger partial charge is 0.317 e. The number of nitrogens with one attached hydrogen (secondary N) is 1. The Hall–Kier alpha value is -1.55. The maximum absolute atomic E-state index is 12.4. The van der Waals surface area contributed by atoms with Crippen molar-refractivity contribution in [2.75, 3.05) is 26.7 Å². The molecule has 1 N–H and O–H groups in total. The van der Waals surface area contributed by atoms with Gasteiger partial charge in [0.25, 0.3) is 0 Å². The molecular weight excluding hydrogens is 274 g/mol. The normalized spacial score (nSPS) is 19.5. The number of rotatable bonds is 6. The first-order valence-electron chi connectivity index (χ1n) is 8.43. The molecular formula is C18H29N3O. The molecule has 0 bridgehead atoms. The van der Waals surface area contributed by atoms with E-state index in [0.717, 1.165) is 32.4 Å². The number of amides is 2. The Morgan fingerprint density at radius 1 is 1.41 bits per heavy atom. The number of nitrogens with zero attached hydrogens (tertiary/aromatic N) is 2. The highest BCUT2D eigenvalue weighted by Gasteiger charge is 2.29. The van der Waals surface area contributed by atoms with Crippen molar-refractivity contribution in [2.24, 2.45) is 0 Å². The Kier molecular flexibility index (Phi) is 6.25. The van der Waals surface area contributed by atoms with Crippen LogP contribution in [0.4, 0.5) is 4.79 Å². The molecule has 2 rings (SSSR count). The second kappa shape index (κ2) is 8.18. The number of urea groups is 1. The van der Waals surface area contributed by atoms with E-state index in [-0.39, 0.29) is 12.1 Å². The third-order valence-electron chi connectivity index (χ3n) is 4.78. The number of benzene rings is 1. The molecule has 122 valence electrons. The predicted octanol–water partition coefficient (Wildman–Crippen LogP) is 3.26. The molecule has 0 spiro atoms. The third-order valence-corrected chi connectivity index (χ3v) is 4.78. The highest BCUT2D eigenvalue weighted by molar-refractivity contribution is 5.75. The van der Waals surface area contributed by atoms with E-state index in [2.05, 4.69) is 43.2 Å². The zero-order valence-electron chi connectivity index (χ0n) is 14.1. The molecule has 0 aliphatic carbocycles. The summed E-state index contributed by atoms with van der Waals surface area (Å²) in [5.41, 5.74) is 1.24. The predicted molar refractivity (Wildman–Crippen MR) is 90.9 cm³/mol. The van der Waals surface area contributed by atoms with Gasteiger partial charge in [-0.25, -0.2) is 4.79 Å². The molecule has 1 saturated heterocycles. The van der Waals surface area contributed by atoms with Gasteiger partial charge in [-0.1, -0.05) is 37.3 Å². The summed E-state index contributed by atoms with van der Waals surface area (Å²) in [6, 6.07) is 11.2. The quantitative estimate of drug-likeness (QED) is 0.875. The molecule has 4 heteroatoms. The van der Waals surface area contributed by atoms with Gasteiger partial charge in [-0.2, -0.15) is 0 Å². The van der Waals surface area contributed by atoms with E-state index in [1.54, 1.807) is 0 Å². The fourth-order valence-electron chi connectivity index (χ4n) is 3.00. The average Bonchev–Trinajstić information content (AvgIpc) is 3.04. The van der Waals surface area contributed by atoms with E-state index < -0.39 is 0 Å². The molecule has 0 aromatic heterocycles. The van der Waals surface area contributed by atoms with Crippen LogP contribution in [0.15, 0.2) is 30.3 Å². The Labute approximate surface area is 134 Å². The molecule has 1 fully saturated rings. The number of carbonyl (C=O) groups is 1. The van der Waals surface area contributed by atoms with Gasteiger partial charge in [-0.05, 0) is 38.8 Å². The van der Waals surface area contributed by atoms with Crippen LogP contribution < -0.4 is 5.32 Å². The number of likely N-dealkylation sites (tertiary alicyclic amines) is 1. The maximum Gasteiger partial charge on any atom is 0.317 e. The summed E-state index contributed by atoms with van der Waals surface area (Å²) < 4.78 is 0. The van der Waals surface area contributed by atoms with E-state index >= 15 is 0 Å². The van der Waals surface area contributed by atoms with E-state index in [9.17, 15) is 4.79 Å². The molecule has 0 unspecified atom stereocenters. The SMILES string of the molecule is CC[C@H](C)N(C)CCNC(=O)N1CCC[C@@H]1c1ccccc1. The van der Waals surface area contributed by atoms with Crippen molar-refractivity contribution in [3.05, 3.63) is 35.9 Å². The topological polar surface area (TPSA) is 35.6 Å². The van der Waals surface area contributed by atoms with E-state index in [4.69, 9.17) is 0 Å². The highest BCUT2D eigenvalue weighted by Crippen LogP contribution is 2.31. The Balaban J connectivity index is 1.84. The van der Waals surface area contributed by atoms with Crippen molar-refractivity contribution in [3.63, 3.8) is 0 Å². The number of likely N-dealkylation sites (N-methyl/N-ethyl adjacent to an activating group) is 1. The van der Waals surface area contributed by atoms with E-state index in [1.807, 2.05) is 23.1 Å². The molecule has 1 aromatic carbocycles. The van der Waals surface area contributed by atoms with Crippen molar-refractivity contribution in [2.45, 2.75) is 45.2 Å². The zero-order chi connectivity index (χ0) is 15.9. The molecule has 0 saturated carbocycles. The summed E-state index contributed by atoms with van der Waals surface area (Å²) in [7, 11) is 2.11. The monoisotopic (exact) mass is 303 g/mol. The molecule has 1 heterocycles. The number of hydrogen-bond donors (Lipinski definition) is 1. The zero-order valence-corrected chi connectivity index (χ0v) is 14.1. The minimum atomic E-state index is 0.0731. The molecule has 1 aromatic rings. The fraction of sp³-hybridized carbons (Fsp3) is 0.611. The van der Waals surface area contributed by atoms with Gasteiger partial charge in [-0.3, -0.25) is 0 Å². The van der Waals surface area contributed by atoms with Crippen molar-refractivity contribution in [1.29, 1.82) is 0 Å². The van der Waals surface area contributed by atoms with Gasteiger partial charge in [0.2, 0.25) is 0 Å². The van der Waals surface area contributed by atoms with Crippen molar-refractivity contribution in [1.82, 2.24) is 15.1 Å². The standard InChI is InChI=1S/C18H29N3O/c1-4-15(2)20(3)14-12-19-18(22)21-13-8-11-17(21)16-9-6-5-7-10-16/h5-7,9-10,15,17H,4,8,11-14H2,1-3H3,(H,19,22)/t15-,17+/m0/s1.